The van der Waals surface area contributed by atoms with Crippen molar-refractivity contribution in [3.8, 4) is 0 Å². The van der Waals surface area contributed by atoms with Gasteiger partial charge in [0.1, 0.15) is 0 Å². The molecule has 0 aromatic heterocycles. The lowest BCUT2D eigenvalue weighted by molar-refractivity contribution is 0.589. The first kappa shape index (κ1) is 15.1. The predicted molar refractivity (Wildman–Crippen MR) is 82.3 cm³/mol. The summed E-state index contributed by atoms with van der Waals surface area (Å²) in [5.74, 6) is 0. The minimum atomic E-state index is 1.01. The number of hydrogen-bond acceptors (Lipinski definition) is 1. The van der Waals surface area contributed by atoms with E-state index in [2.05, 4.69) is 43.4 Å². The van der Waals surface area contributed by atoms with Crippen molar-refractivity contribution in [2.45, 2.75) is 65.2 Å². The van der Waals surface area contributed by atoms with Crippen LogP contribution >= 0.6 is 0 Å². The van der Waals surface area contributed by atoms with Crippen LogP contribution in [-0.2, 0) is 6.42 Å². The molecule has 0 radical (unpaired) electrons. The molecule has 0 aliphatic heterocycles. The monoisotopic (exact) mass is 247 g/mol. The third kappa shape index (κ3) is 6.09. The van der Waals surface area contributed by atoms with Gasteiger partial charge in [0.2, 0.25) is 0 Å². The topological polar surface area (TPSA) is 12.0 Å². The van der Waals surface area contributed by atoms with Crippen molar-refractivity contribution in [3.05, 3.63) is 29.8 Å². The minimum absolute atomic E-state index is 1.01. The normalized spacial score (nSPS) is 10.6. The first-order chi connectivity index (χ1) is 8.88. The summed E-state index contributed by atoms with van der Waals surface area (Å²) in [6.07, 6.45) is 10.9. The third-order valence-electron chi connectivity index (χ3n) is 3.43. The van der Waals surface area contributed by atoms with Crippen LogP contribution in [0.3, 0.4) is 0 Å². The number of anilines is 1. The Bertz CT molecular complexity index is 306. The van der Waals surface area contributed by atoms with Crippen LogP contribution < -0.4 is 5.32 Å². The molecule has 0 aliphatic carbocycles. The summed E-state index contributed by atoms with van der Waals surface area (Å²) in [5.41, 5.74) is 2.80. The molecule has 1 heteroatoms. The first-order valence-electron chi connectivity index (χ1n) is 7.70. The number of nitrogens with one attached hydrogen (secondary N) is 1. The molecule has 1 rings (SSSR count). The molecular weight excluding hydrogens is 218 g/mol. The van der Waals surface area contributed by atoms with E-state index >= 15 is 0 Å². The summed E-state index contributed by atoms with van der Waals surface area (Å²) in [7, 11) is 0. The molecule has 0 aliphatic rings. The van der Waals surface area contributed by atoms with Gasteiger partial charge in [-0.3, -0.25) is 0 Å². The molecule has 0 bridgehead atoms. The smallest absolute Gasteiger partial charge is 0.0372 e. The lowest BCUT2D eigenvalue weighted by Gasteiger charge is -2.10. The van der Waals surface area contributed by atoms with Crippen LogP contribution in [-0.4, -0.2) is 6.54 Å². The molecular formula is C17H29N. The molecule has 0 fully saturated rings. The summed E-state index contributed by atoms with van der Waals surface area (Å²) in [5, 5.41) is 3.44. The highest BCUT2D eigenvalue weighted by Gasteiger charge is 2.00. The van der Waals surface area contributed by atoms with Crippen LogP contribution in [0.1, 0.15) is 64.4 Å². The molecule has 1 aromatic carbocycles. The van der Waals surface area contributed by atoms with Crippen molar-refractivity contribution in [2.24, 2.45) is 0 Å². The van der Waals surface area contributed by atoms with Gasteiger partial charge in [-0.25, -0.2) is 0 Å². The van der Waals surface area contributed by atoms with E-state index in [-0.39, 0.29) is 0 Å². The molecule has 18 heavy (non-hydrogen) atoms. The maximum atomic E-state index is 3.44. The van der Waals surface area contributed by atoms with Gasteiger partial charge in [-0.05, 0) is 31.4 Å². The zero-order valence-corrected chi connectivity index (χ0v) is 12.2. The van der Waals surface area contributed by atoms with Crippen molar-refractivity contribution < 1.29 is 0 Å². The second-order valence-electron chi connectivity index (χ2n) is 5.06. The van der Waals surface area contributed by atoms with E-state index in [4.69, 9.17) is 0 Å². The number of rotatable bonds is 10. The van der Waals surface area contributed by atoms with Crippen molar-refractivity contribution in [1.82, 2.24) is 0 Å². The SMILES string of the molecule is CCCCCCCCCc1ccccc1NCC. The zero-order chi connectivity index (χ0) is 13.1. The van der Waals surface area contributed by atoms with Crippen LogP contribution in [0.25, 0.3) is 0 Å². The van der Waals surface area contributed by atoms with Crippen LogP contribution in [0.5, 0.6) is 0 Å². The summed E-state index contributed by atoms with van der Waals surface area (Å²) in [6, 6.07) is 8.72. The number of hydrogen-bond donors (Lipinski definition) is 1. The average molecular weight is 247 g/mol. The van der Waals surface area contributed by atoms with Crippen LogP contribution in [0.4, 0.5) is 5.69 Å². The molecule has 0 saturated carbocycles. The first-order valence-corrected chi connectivity index (χ1v) is 7.70. The van der Waals surface area contributed by atoms with Gasteiger partial charge in [0.05, 0.1) is 0 Å². The Morgan fingerprint density at radius 2 is 1.50 bits per heavy atom. The third-order valence-corrected chi connectivity index (χ3v) is 3.43. The van der Waals surface area contributed by atoms with E-state index in [0.29, 0.717) is 0 Å². The Hall–Kier alpha value is -0.980. The highest BCUT2D eigenvalue weighted by molar-refractivity contribution is 5.50. The molecule has 1 N–H and O–H groups in total. The van der Waals surface area contributed by atoms with Crippen LogP contribution in [0.2, 0.25) is 0 Å². The molecule has 0 heterocycles. The molecule has 0 saturated heterocycles. The highest BCUT2D eigenvalue weighted by Crippen LogP contribution is 2.18. The molecule has 0 spiro atoms. The van der Waals surface area contributed by atoms with E-state index in [1.54, 1.807) is 0 Å². The van der Waals surface area contributed by atoms with Gasteiger partial charge in [-0.15, -0.1) is 0 Å². The quantitative estimate of drug-likeness (QED) is 0.545. The van der Waals surface area contributed by atoms with Gasteiger partial charge in [0.25, 0.3) is 0 Å². The predicted octanol–water partition coefficient (Wildman–Crippen LogP) is 5.41. The fourth-order valence-corrected chi connectivity index (χ4v) is 2.37. The minimum Gasteiger partial charge on any atom is -0.385 e. The summed E-state index contributed by atoms with van der Waals surface area (Å²) < 4.78 is 0. The van der Waals surface area contributed by atoms with E-state index in [1.807, 2.05) is 0 Å². The maximum Gasteiger partial charge on any atom is 0.0372 e. The Morgan fingerprint density at radius 3 is 2.22 bits per heavy atom. The van der Waals surface area contributed by atoms with E-state index in [1.165, 1.54) is 62.6 Å². The Labute approximate surface area is 113 Å². The van der Waals surface area contributed by atoms with Gasteiger partial charge >= 0.3 is 0 Å². The second kappa shape index (κ2) is 9.99. The number of para-hydroxylation sites is 1. The van der Waals surface area contributed by atoms with E-state index in [0.717, 1.165) is 6.54 Å². The lowest BCUT2D eigenvalue weighted by atomic mass is 10.0. The van der Waals surface area contributed by atoms with Crippen molar-refractivity contribution >= 4 is 5.69 Å². The molecule has 0 amide bonds. The van der Waals surface area contributed by atoms with Crippen molar-refractivity contribution in [3.63, 3.8) is 0 Å². The highest BCUT2D eigenvalue weighted by atomic mass is 14.9. The van der Waals surface area contributed by atoms with Gasteiger partial charge < -0.3 is 5.32 Å². The van der Waals surface area contributed by atoms with Gasteiger partial charge in [-0.2, -0.15) is 0 Å². The van der Waals surface area contributed by atoms with E-state index < -0.39 is 0 Å². The molecule has 1 aromatic rings. The molecule has 1 nitrogen and oxygen atoms in total. The zero-order valence-electron chi connectivity index (χ0n) is 12.2. The Morgan fingerprint density at radius 1 is 0.833 bits per heavy atom. The number of aryl methyl sites for hydroxylation is 1. The summed E-state index contributed by atoms with van der Waals surface area (Å²) >= 11 is 0. The average Bonchev–Trinajstić information content (AvgIpc) is 2.40. The van der Waals surface area contributed by atoms with Crippen LogP contribution in [0.15, 0.2) is 24.3 Å². The van der Waals surface area contributed by atoms with Crippen molar-refractivity contribution in [1.29, 1.82) is 0 Å². The van der Waals surface area contributed by atoms with E-state index in [9.17, 15) is 0 Å². The largest absolute Gasteiger partial charge is 0.385 e. The summed E-state index contributed by atoms with van der Waals surface area (Å²) in [4.78, 5) is 0. The van der Waals surface area contributed by atoms with Gasteiger partial charge in [0, 0.05) is 12.2 Å². The number of unbranched alkanes of at least 4 members (excludes halogenated alkanes) is 6. The molecule has 0 unspecified atom stereocenters. The van der Waals surface area contributed by atoms with Gasteiger partial charge in [-0.1, -0.05) is 63.6 Å². The fourth-order valence-electron chi connectivity index (χ4n) is 2.37. The molecule has 0 atom stereocenters. The second-order valence-corrected chi connectivity index (χ2v) is 5.06. The maximum absolute atomic E-state index is 3.44. The van der Waals surface area contributed by atoms with Gasteiger partial charge in [0.15, 0.2) is 0 Å². The lowest BCUT2D eigenvalue weighted by Crippen LogP contribution is -2.00. The Balaban J connectivity index is 2.18. The standard InChI is InChI=1S/C17H29N/c1-3-5-6-7-8-9-10-13-16-14-11-12-15-17(16)18-4-2/h11-12,14-15,18H,3-10,13H2,1-2H3. The van der Waals surface area contributed by atoms with Crippen LogP contribution in [0, 0.1) is 0 Å². The fraction of sp³-hybridized carbons (Fsp3) is 0.647. The summed E-state index contributed by atoms with van der Waals surface area (Å²) in [6.45, 7) is 5.44. The molecule has 102 valence electrons. The number of benzene rings is 1. The Kier molecular flexibility index (Phi) is 8.37. The van der Waals surface area contributed by atoms with Crippen molar-refractivity contribution in [2.75, 3.05) is 11.9 Å².